The molecule has 1 aromatic rings. The lowest BCUT2D eigenvalue weighted by Crippen LogP contribution is -1.88. The lowest BCUT2D eigenvalue weighted by molar-refractivity contribution is 0.199. The normalized spacial score (nSPS) is 13.1. The van der Waals surface area contributed by atoms with E-state index >= 15 is 0 Å². The van der Waals surface area contributed by atoms with Crippen molar-refractivity contribution in [2.24, 2.45) is 0 Å². The molecule has 1 aromatic carbocycles. The van der Waals surface area contributed by atoms with Crippen molar-refractivity contribution in [1.29, 1.82) is 0 Å². The molecule has 1 atom stereocenters. The quantitative estimate of drug-likeness (QED) is 0.623. The molecule has 0 saturated heterocycles. The van der Waals surface area contributed by atoms with Crippen LogP contribution >= 0.6 is 11.6 Å². The van der Waals surface area contributed by atoms with Crippen molar-refractivity contribution in [2.75, 3.05) is 0 Å². The maximum Gasteiger partial charge on any atom is 0.0762 e. The van der Waals surface area contributed by atoms with Crippen LogP contribution in [0.1, 0.15) is 18.6 Å². The smallest absolute Gasteiger partial charge is 0.0762 e. The van der Waals surface area contributed by atoms with Gasteiger partial charge in [0.05, 0.1) is 6.10 Å². The summed E-state index contributed by atoms with van der Waals surface area (Å²) in [5.41, 5.74) is 0.854. The molecule has 0 bridgehead atoms. The van der Waals surface area contributed by atoms with Gasteiger partial charge >= 0.3 is 0 Å². The lowest BCUT2D eigenvalue weighted by Gasteiger charge is -2.02. The fourth-order valence-corrected chi connectivity index (χ4v) is 0.965. The fraction of sp³-hybridized carbons (Fsp3) is 0.250. The van der Waals surface area contributed by atoms with Gasteiger partial charge in [-0.05, 0) is 24.6 Å². The van der Waals surface area contributed by atoms with E-state index in [0.29, 0.717) is 5.02 Å². The Labute approximate surface area is 65.3 Å². The fourth-order valence-electron chi connectivity index (χ4n) is 0.766. The highest BCUT2D eigenvalue weighted by Gasteiger charge is 1.98. The van der Waals surface area contributed by atoms with Crippen molar-refractivity contribution in [3.05, 3.63) is 34.9 Å². The largest absolute Gasteiger partial charge is 0.389 e. The van der Waals surface area contributed by atoms with Gasteiger partial charge in [-0.3, -0.25) is 0 Å². The Morgan fingerprint density at radius 2 is 2.20 bits per heavy atom. The van der Waals surface area contributed by atoms with E-state index in [-0.39, 0.29) is 0 Å². The van der Waals surface area contributed by atoms with Gasteiger partial charge in [0.25, 0.3) is 0 Å². The van der Waals surface area contributed by atoms with Crippen molar-refractivity contribution >= 4 is 11.6 Å². The van der Waals surface area contributed by atoms with E-state index in [1.165, 1.54) is 0 Å². The summed E-state index contributed by atoms with van der Waals surface area (Å²) in [4.78, 5) is 0. The van der Waals surface area contributed by atoms with Crippen LogP contribution in [0.3, 0.4) is 0 Å². The van der Waals surface area contributed by atoms with Crippen LogP contribution in [0.5, 0.6) is 0 Å². The molecule has 10 heavy (non-hydrogen) atoms. The number of rotatable bonds is 1. The number of aliphatic hydroxyl groups excluding tert-OH is 1. The van der Waals surface area contributed by atoms with Crippen LogP contribution in [0.25, 0.3) is 0 Å². The van der Waals surface area contributed by atoms with Crippen LogP contribution in [0.4, 0.5) is 0 Å². The van der Waals surface area contributed by atoms with Gasteiger partial charge in [0.1, 0.15) is 0 Å². The second-order valence-electron chi connectivity index (χ2n) is 2.23. The van der Waals surface area contributed by atoms with Crippen LogP contribution in [0.2, 0.25) is 5.02 Å². The zero-order chi connectivity index (χ0) is 7.56. The number of halogens is 1. The highest BCUT2D eigenvalue weighted by atomic mass is 35.5. The molecule has 1 rings (SSSR count). The number of benzene rings is 1. The van der Waals surface area contributed by atoms with Gasteiger partial charge in [-0.1, -0.05) is 23.7 Å². The second kappa shape index (κ2) is 3.04. The number of aliphatic hydroxyl groups is 1. The maximum atomic E-state index is 9.09. The predicted octanol–water partition coefficient (Wildman–Crippen LogP) is 2.39. The van der Waals surface area contributed by atoms with E-state index in [4.69, 9.17) is 16.7 Å². The first kappa shape index (κ1) is 7.58. The number of hydrogen-bond donors (Lipinski definition) is 1. The molecular weight excluding hydrogens is 150 g/mol. The van der Waals surface area contributed by atoms with Gasteiger partial charge in [0.15, 0.2) is 0 Å². The van der Waals surface area contributed by atoms with Crippen molar-refractivity contribution < 1.29 is 5.11 Å². The Morgan fingerprint density at radius 1 is 1.50 bits per heavy atom. The third-order valence-electron chi connectivity index (χ3n) is 1.33. The van der Waals surface area contributed by atoms with Crippen LogP contribution in [-0.4, -0.2) is 5.11 Å². The van der Waals surface area contributed by atoms with Gasteiger partial charge in [-0.15, -0.1) is 0 Å². The van der Waals surface area contributed by atoms with E-state index in [1.807, 2.05) is 12.1 Å². The van der Waals surface area contributed by atoms with Crippen LogP contribution in [-0.2, 0) is 0 Å². The van der Waals surface area contributed by atoms with E-state index in [9.17, 15) is 0 Å². The third-order valence-corrected chi connectivity index (χ3v) is 1.57. The highest BCUT2D eigenvalue weighted by Crippen LogP contribution is 2.16. The topological polar surface area (TPSA) is 20.2 Å². The van der Waals surface area contributed by atoms with E-state index < -0.39 is 6.10 Å². The summed E-state index contributed by atoms with van der Waals surface area (Å²) in [7, 11) is 0. The van der Waals surface area contributed by atoms with Gasteiger partial charge in [0.2, 0.25) is 0 Å². The molecule has 0 aliphatic carbocycles. The molecule has 0 aliphatic rings. The first-order valence-corrected chi connectivity index (χ1v) is 3.51. The van der Waals surface area contributed by atoms with Crippen molar-refractivity contribution in [3.63, 3.8) is 0 Å². The minimum absolute atomic E-state index is 0.432. The zero-order valence-electron chi connectivity index (χ0n) is 5.71. The minimum atomic E-state index is -0.432. The Hall–Kier alpha value is -0.530. The molecule has 1 nitrogen and oxygen atoms in total. The first-order valence-electron chi connectivity index (χ1n) is 3.13. The molecule has 1 N–H and O–H groups in total. The standard InChI is InChI=1S/C8H9ClO/c1-6(10)7-3-2-4-8(9)5-7/h2-6,10H,1H3/t6-/m1/s1/i10+2. The maximum absolute atomic E-state index is 9.09. The molecule has 0 unspecified atom stereocenters. The second-order valence-corrected chi connectivity index (χ2v) is 2.67. The lowest BCUT2D eigenvalue weighted by atomic mass is 10.1. The summed E-state index contributed by atoms with van der Waals surface area (Å²) in [6.45, 7) is 1.71. The van der Waals surface area contributed by atoms with Crippen LogP contribution in [0.15, 0.2) is 24.3 Å². The summed E-state index contributed by atoms with van der Waals surface area (Å²) >= 11 is 5.68. The van der Waals surface area contributed by atoms with Crippen molar-refractivity contribution in [1.82, 2.24) is 0 Å². The molecule has 0 heterocycles. The van der Waals surface area contributed by atoms with E-state index in [2.05, 4.69) is 0 Å². The summed E-state index contributed by atoms with van der Waals surface area (Å²) in [5.74, 6) is 0. The molecule has 0 aromatic heterocycles. The molecular formula is C8H9ClO. The summed E-state index contributed by atoms with van der Waals surface area (Å²) in [5, 5.41) is 9.75. The SMILES string of the molecule is C[C@@H]([18OH])c1cccc(Cl)c1. The minimum Gasteiger partial charge on any atom is -0.389 e. The summed E-state index contributed by atoms with van der Waals surface area (Å²) in [6, 6.07) is 7.21. The van der Waals surface area contributed by atoms with Crippen molar-refractivity contribution in [2.45, 2.75) is 13.0 Å². The zero-order valence-corrected chi connectivity index (χ0v) is 6.47. The Kier molecular flexibility index (Phi) is 2.30. The summed E-state index contributed by atoms with van der Waals surface area (Å²) < 4.78 is 0. The van der Waals surface area contributed by atoms with Gasteiger partial charge < -0.3 is 5.11 Å². The van der Waals surface area contributed by atoms with E-state index in [0.717, 1.165) is 5.56 Å². The summed E-state index contributed by atoms with van der Waals surface area (Å²) in [6.07, 6.45) is -0.432. The number of hydrogen-bond acceptors (Lipinski definition) is 1. The Balaban J connectivity index is 2.96. The predicted molar refractivity (Wildman–Crippen MR) is 42.1 cm³/mol. The monoisotopic (exact) mass is 158 g/mol. The van der Waals surface area contributed by atoms with Crippen LogP contribution in [0, 0.1) is 0 Å². The van der Waals surface area contributed by atoms with Gasteiger partial charge in [-0.2, -0.15) is 0 Å². The van der Waals surface area contributed by atoms with Gasteiger partial charge in [-0.25, -0.2) is 0 Å². The Morgan fingerprint density at radius 3 is 2.60 bits per heavy atom. The van der Waals surface area contributed by atoms with E-state index in [1.54, 1.807) is 19.1 Å². The Bertz CT molecular complexity index is 220. The third kappa shape index (κ3) is 1.72. The molecule has 0 spiro atoms. The molecule has 0 amide bonds. The molecule has 54 valence electrons. The molecule has 0 fully saturated rings. The molecule has 0 saturated carbocycles. The molecule has 0 aliphatic heterocycles. The van der Waals surface area contributed by atoms with Crippen molar-refractivity contribution in [3.8, 4) is 0 Å². The first-order chi connectivity index (χ1) is 4.70. The molecule has 0 radical (unpaired) electrons. The average molecular weight is 159 g/mol. The van der Waals surface area contributed by atoms with Gasteiger partial charge in [0, 0.05) is 5.02 Å². The average Bonchev–Trinajstić information content (AvgIpc) is 1.88. The molecule has 2 heteroatoms. The highest BCUT2D eigenvalue weighted by molar-refractivity contribution is 6.30. The van der Waals surface area contributed by atoms with Crippen LogP contribution < -0.4 is 0 Å².